The Morgan fingerprint density at radius 1 is 1.53 bits per heavy atom. The van der Waals surface area contributed by atoms with Gasteiger partial charge in [-0.05, 0) is 37.0 Å². The third-order valence-electron chi connectivity index (χ3n) is 2.14. The quantitative estimate of drug-likeness (QED) is 0.780. The zero-order valence-electron chi connectivity index (χ0n) is 9.70. The van der Waals surface area contributed by atoms with E-state index in [2.05, 4.69) is 16.6 Å². The molecule has 1 aromatic rings. The van der Waals surface area contributed by atoms with Gasteiger partial charge in [-0.15, -0.1) is 0 Å². The van der Waals surface area contributed by atoms with E-state index in [0.717, 1.165) is 18.6 Å². The summed E-state index contributed by atoms with van der Waals surface area (Å²) in [6, 6.07) is 3.14. The van der Waals surface area contributed by atoms with Gasteiger partial charge in [-0.25, -0.2) is 4.98 Å². The van der Waals surface area contributed by atoms with Crippen LogP contribution in [0.15, 0.2) is 12.1 Å². The van der Waals surface area contributed by atoms with Gasteiger partial charge in [0.2, 0.25) is 0 Å². The summed E-state index contributed by atoms with van der Waals surface area (Å²) in [6.07, 6.45) is 4.10. The number of nitrogen functional groups attached to an aromatic ring is 1. The molecule has 0 atom stereocenters. The molecule has 1 amide bonds. The molecule has 0 saturated heterocycles. The van der Waals surface area contributed by atoms with Crippen molar-refractivity contribution in [2.24, 2.45) is 0 Å². The molecular formula is C11H16ClN3OS. The Morgan fingerprint density at radius 3 is 3.00 bits per heavy atom. The summed E-state index contributed by atoms with van der Waals surface area (Å²) in [5.74, 6) is 1.13. The Morgan fingerprint density at radius 2 is 2.29 bits per heavy atom. The molecule has 6 heteroatoms. The van der Waals surface area contributed by atoms with Crippen LogP contribution in [0.4, 0.5) is 5.82 Å². The number of halogens is 1. The third kappa shape index (κ3) is 4.83. The number of nitrogens with zero attached hydrogens (tertiary/aromatic N) is 1. The van der Waals surface area contributed by atoms with Crippen molar-refractivity contribution < 1.29 is 4.79 Å². The van der Waals surface area contributed by atoms with Crippen molar-refractivity contribution in [3.05, 3.63) is 22.8 Å². The molecule has 0 aliphatic carbocycles. The highest BCUT2D eigenvalue weighted by atomic mass is 35.5. The number of rotatable bonds is 6. The highest BCUT2D eigenvalue weighted by Crippen LogP contribution is 2.14. The first kappa shape index (κ1) is 14.1. The fraction of sp³-hybridized carbons (Fsp3) is 0.455. The van der Waals surface area contributed by atoms with E-state index in [1.807, 2.05) is 0 Å². The molecule has 4 nitrogen and oxygen atoms in total. The maximum atomic E-state index is 11.7. The first-order chi connectivity index (χ1) is 8.15. The molecule has 0 fully saturated rings. The van der Waals surface area contributed by atoms with Crippen LogP contribution < -0.4 is 11.1 Å². The van der Waals surface area contributed by atoms with Gasteiger partial charge in [0.05, 0.1) is 5.02 Å². The first-order valence-electron chi connectivity index (χ1n) is 5.34. The summed E-state index contributed by atoms with van der Waals surface area (Å²) >= 11 is 7.67. The van der Waals surface area contributed by atoms with E-state index < -0.39 is 0 Å². The van der Waals surface area contributed by atoms with Gasteiger partial charge in [0.1, 0.15) is 11.5 Å². The maximum absolute atomic E-state index is 11.7. The monoisotopic (exact) mass is 273 g/mol. The fourth-order valence-electron chi connectivity index (χ4n) is 1.27. The summed E-state index contributed by atoms with van der Waals surface area (Å²) < 4.78 is 0. The molecule has 3 N–H and O–H groups in total. The number of nitrogens with two attached hydrogens (primary N) is 1. The van der Waals surface area contributed by atoms with Crippen molar-refractivity contribution in [1.29, 1.82) is 0 Å². The van der Waals surface area contributed by atoms with Gasteiger partial charge in [-0.2, -0.15) is 11.8 Å². The second-order valence-corrected chi connectivity index (χ2v) is 4.92. The molecule has 0 unspecified atom stereocenters. The third-order valence-corrected chi connectivity index (χ3v) is 3.15. The zero-order valence-corrected chi connectivity index (χ0v) is 11.3. The van der Waals surface area contributed by atoms with Crippen molar-refractivity contribution in [3.8, 4) is 0 Å². The Bertz CT molecular complexity index is 387. The molecule has 0 aromatic carbocycles. The minimum absolute atomic E-state index is 0.191. The molecule has 17 heavy (non-hydrogen) atoms. The lowest BCUT2D eigenvalue weighted by atomic mass is 10.3. The lowest BCUT2D eigenvalue weighted by Gasteiger charge is -2.06. The van der Waals surface area contributed by atoms with Crippen LogP contribution >= 0.6 is 23.4 Å². The van der Waals surface area contributed by atoms with Gasteiger partial charge in [0, 0.05) is 6.54 Å². The number of unbranched alkanes of at least 4 members (excludes halogenated alkanes) is 1. The Hall–Kier alpha value is -0.940. The van der Waals surface area contributed by atoms with Crippen LogP contribution in [0, 0.1) is 0 Å². The number of amides is 1. The van der Waals surface area contributed by atoms with Gasteiger partial charge in [0.25, 0.3) is 5.91 Å². The SMILES string of the molecule is CSCCCCNC(=O)c1nc(N)ccc1Cl. The van der Waals surface area contributed by atoms with Crippen LogP contribution in [0.25, 0.3) is 0 Å². The average Bonchev–Trinajstić information content (AvgIpc) is 2.32. The second kappa shape index (κ2) is 7.40. The van der Waals surface area contributed by atoms with Gasteiger partial charge in [-0.1, -0.05) is 11.6 Å². The number of pyridine rings is 1. The normalized spacial score (nSPS) is 10.2. The number of carbonyl (C=O) groups is 1. The molecule has 1 aromatic heterocycles. The largest absolute Gasteiger partial charge is 0.384 e. The van der Waals surface area contributed by atoms with Crippen LogP contribution in [0.3, 0.4) is 0 Å². The molecule has 0 aliphatic heterocycles. The molecule has 0 radical (unpaired) electrons. The molecule has 0 saturated carbocycles. The van der Waals surface area contributed by atoms with Gasteiger partial charge in [0.15, 0.2) is 0 Å². The molecule has 94 valence electrons. The first-order valence-corrected chi connectivity index (χ1v) is 7.11. The predicted octanol–water partition coefficient (Wildman–Crippen LogP) is 2.19. The summed E-state index contributed by atoms with van der Waals surface area (Å²) in [6.45, 7) is 0.631. The van der Waals surface area contributed by atoms with Crippen molar-refractivity contribution in [3.63, 3.8) is 0 Å². The van der Waals surface area contributed by atoms with Gasteiger partial charge in [-0.3, -0.25) is 4.79 Å². The number of thioether (sulfide) groups is 1. The summed E-state index contributed by atoms with van der Waals surface area (Å²) in [4.78, 5) is 15.6. The molecular weight excluding hydrogens is 258 g/mol. The summed E-state index contributed by atoms with van der Waals surface area (Å²) in [5, 5.41) is 3.10. The van der Waals surface area contributed by atoms with Gasteiger partial charge < -0.3 is 11.1 Å². The van der Waals surface area contributed by atoms with Crippen LogP contribution in [0.1, 0.15) is 23.3 Å². The smallest absolute Gasteiger partial charge is 0.271 e. The van der Waals surface area contributed by atoms with E-state index in [4.69, 9.17) is 17.3 Å². The van der Waals surface area contributed by atoms with Crippen LogP contribution in [-0.4, -0.2) is 29.4 Å². The standard InChI is InChI=1S/C11H16ClN3OS/c1-17-7-3-2-6-14-11(16)10-8(12)4-5-9(13)15-10/h4-5H,2-3,6-7H2,1H3,(H2,13,15)(H,14,16). The number of nitrogens with one attached hydrogen (secondary N) is 1. The number of anilines is 1. The Kier molecular flexibility index (Phi) is 6.15. The minimum atomic E-state index is -0.272. The van der Waals surface area contributed by atoms with E-state index in [1.54, 1.807) is 23.9 Å². The van der Waals surface area contributed by atoms with Gasteiger partial charge >= 0.3 is 0 Å². The lowest BCUT2D eigenvalue weighted by Crippen LogP contribution is -2.26. The highest BCUT2D eigenvalue weighted by Gasteiger charge is 2.11. The average molecular weight is 274 g/mol. The summed E-state index contributed by atoms with van der Waals surface area (Å²) in [7, 11) is 0. The lowest BCUT2D eigenvalue weighted by molar-refractivity contribution is 0.0948. The minimum Gasteiger partial charge on any atom is -0.384 e. The second-order valence-electron chi connectivity index (χ2n) is 3.52. The fourth-order valence-corrected chi connectivity index (χ4v) is 1.96. The van der Waals surface area contributed by atoms with E-state index in [-0.39, 0.29) is 11.6 Å². The van der Waals surface area contributed by atoms with E-state index in [0.29, 0.717) is 17.4 Å². The number of hydrogen-bond acceptors (Lipinski definition) is 4. The molecule has 0 aliphatic rings. The molecule has 0 bridgehead atoms. The predicted molar refractivity (Wildman–Crippen MR) is 73.6 cm³/mol. The van der Waals surface area contributed by atoms with E-state index in [1.165, 1.54) is 0 Å². The van der Waals surface area contributed by atoms with E-state index in [9.17, 15) is 4.79 Å². The van der Waals surface area contributed by atoms with Crippen LogP contribution in [0.2, 0.25) is 5.02 Å². The highest BCUT2D eigenvalue weighted by molar-refractivity contribution is 7.98. The zero-order chi connectivity index (χ0) is 12.7. The van der Waals surface area contributed by atoms with E-state index >= 15 is 0 Å². The number of aromatic nitrogens is 1. The number of carbonyl (C=O) groups excluding carboxylic acids is 1. The van der Waals surface area contributed by atoms with Crippen molar-refractivity contribution in [1.82, 2.24) is 10.3 Å². The summed E-state index contributed by atoms with van der Waals surface area (Å²) in [5.41, 5.74) is 5.70. The van der Waals surface area contributed by atoms with Crippen LogP contribution in [-0.2, 0) is 0 Å². The van der Waals surface area contributed by atoms with Crippen molar-refractivity contribution in [2.45, 2.75) is 12.8 Å². The van der Waals surface area contributed by atoms with Crippen molar-refractivity contribution in [2.75, 3.05) is 24.3 Å². The molecule has 0 spiro atoms. The number of hydrogen-bond donors (Lipinski definition) is 2. The topological polar surface area (TPSA) is 68.0 Å². The molecule has 1 rings (SSSR count). The van der Waals surface area contributed by atoms with Crippen LogP contribution in [0.5, 0.6) is 0 Å². The Balaban J connectivity index is 2.44. The van der Waals surface area contributed by atoms with Crippen molar-refractivity contribution >= 4 is 35.1 Å². The Labute approximate surface area is 110 Å². The molecule has 1 heterocycles. The maximum Gasteiger partial charge on any atom is 0.271 e.